The van der Waals surface area contributed by atoms with E-state index in [1.54, 1.807) is 0 Å². The highest BCUT2D eigenvalue weighted by Crippen LogP contribution is 2.11. The third kappa shape index (κ3) is 5.58. The Bertz CT molecular complexity index is 631. The SMILES string of the molecule is CN(C)C(=[O+]n1nnc2ccccc21)N(C)C.F[B-](F)(F)F.[H+]. The fourth-order valence-corrected chi connectivity index (χ4v) is 1.56. The van der Waals surface area contributed by atoms with Crippen LogP contribution in [0.5, 0.6) is 0 Å². The number of benzene rings is 1. The molecule has 22 heavy (non-hydrogen) atoms. The van der Waals surface area contributed by atoms with E-state index in [4.69, 9.17) is 4.53 Å². The van der Waals surface area contributed by atoms with Gasteiger partial charge in [0, 0.05) is 33.4 Å². The van der Waals surface area contributed by atoms with Gasteiger partial charge in [0.1, 0.15) is 10.4 Å². The number of halogens is 4. The molecule has 1 heterocycles. The van der Waals surface area contributed by atoms with Crippen LogP contribution in [0.25, 0.3) is 11.0 Å². The number of hydrogen-bond donors (Lipinski definition) is 0. The smallest absolute Gasteiger partial charge is 0.418 e. The first-order valence-corrected chi connectivity index (χ1v) is 6.17. The summed E-state index contributed by atoms with van der Waals surface area (Å²) in [5.41, 5.74) is 1.65. The Kier molecular flexibility index (Phi) is 5.72. The van der Waals surface area contributed by atoms with Gasteiger partial charge in [-0.1, -0.05) is 12.1 Å². The number of rotatable bonds is 1. The first kappa shape index (κ1) is 17.7. The largest absolute Gasteiger partial charge is 1.00 e. The number of fused-ring (bicyclic) bond motifs is 1. The van der Waals surface area contributed by atoms with Gasteiger partial charge in [0.15, 0.2) is 5.52 Å². The van der Waals surface area contributed by atoms with Gasteiger partial charge in [-0.2, -0.15) is 0 Å². The minimum Gasteiger partial charge on any atom is -0.418 e. The third-order valence-corrected chi connectivity index (χ3v) is 2.25. The Labute approximate surface area is 126 Å². The molecule has 0 N–H and O–H groups in total. The van der Waals surface area contributed by atoms with Crippen molar-refractivity contribution in [3.05, 3.63) is 24.3 Å². The maximum Gasteiger partial charge on any atom is 1.00 e. The van der Waals surface area contributed by atoms with Gasteiger partial charge in [0.25, 0.3) is 0 Å². The summed E-state index contributed by atoms with van der Waals surface area (Å²) >= 11 is 0. The number of hydrogen-bond acceptors (Lipinski definition) is 2. The van der Waals surface area contributed by atoms with E-state index in [-0.39, 0.29) is 1.43 Å². The molecule has 11 heteroatoms. The van der Waals surface area contributed by atoms with Crippen molar-refractivity contribution in [3.8, 4) is 0 Å². The zero-order chi connectivity index (χ0) is 16.9. The Balaban J connectivity index is 0.000000709. The highest BCUT2D eigenvalue weighted by Gasteiger charge is 2.22. The maximum absolute atomic E-state index is 9.75. The Hall–Kier alpha value is -2.33. The molecule has 0 radical (unpaired) electrons. The van der Waals surface area contributed by atoms with E-state index in [9.17, 15) is 17.3 Å². The van der Waals surface area contributed by atoms with Gasteiger partial charge in [0.05, 0.1) is 0 Å². The van der Waals surface area contributed by atoms with Crippen molar-refractivity contribution in [1.82, 2.24) is 25.0 Å². The van der Waals surface area contributed by atoms with Gasteiger partial charge >= 0.3 is 14.7 Å². The summed E-state index contributed by atoms with van der Waals surface area (Å²) in [4.78, 5) is 5.16. The second kappa shape index (κ2) is 7.10. The molecule has 1 aromatic heterocycles. The molecule has 0 unspecified atom stereocenters. The molecule has 0 saturated carbocycles. The summed E-state index contributed by atoms with van der Waals surface area (Å²) in [6.07, 6.45) is 0. The first-order valence-electron chi connectivity index (χ1n) is 6.17. The molecule has 0 aliphatic carbocycles. The molecule has 0 bridgehead atoms. The van der Waals surface area contributed by atoms with Gasteiger partial charge in [-0.25, -0.2) is 0 Å². The molecule has 122 valence electrons. The first-order chi connectivity index (χ1) is 10.1. The summed E-state index contributed by atoms with van der Waals surface area (Å²) < 4.78 is 44.7. The molecular formula is C11H17BF4N5O+. The zero-order valence-electron chi connectivity index (χ0n) is 13.5. The molecule has 0 aliphatic heterocycles. The molecule has 0 aliphatic rings. The van der Waals surface area contributed by atoms with Gasteiger partial charge in [0.2, 0.25) is 0 Å². The monoisotopic (exact) mass is 322 g/mol. The van der Waals surface area contributed by atoms with E-state index in [1.807, 2.05) is 62.3 Å². The standard InChI is InChI=1S/C11H16N5O.BF4/c1-14(2)11(15(3)4)17-16-10-8-6-5-7-9(10)12-13-16;2-1(3,4)5/h5-8H,1-4H3;/q+1;-1/p+1. The molecule has 0 fully saturated rings. The lowest BCUT2D eigenvalue weighted by Crippen LogP contribution is -2.35. The highest BCUT2D eigenvalue weighted by atomic mass is 19.5. The van der Waals surface area contributed by atoms with Gasteiger partial charge < -0.3 is 17.3 Å². The van der Waals surface area contributed by atoms with Gasteiger partial charge in [-0.05, 0) is 16.7 Å². The van der Waals surface area contributed by atoms with Crippen LogP contribution < -0.4 is 0 Å². The normalized spacial score (nSPS) is 10.7. The lowest BCUT2D eigenvalue weighted by Gasteiger charge is -2.10. The predicted octanol–water partition coefficient (Wildman–Crippen LogP) is 2.39. The summed E-state index contributed by atoms with van der Waals surface area (Å²) in [5.74, 6) is 0. The van der Waals surface area contributed by atoms with Crippen molar-refractivity contribution in [2.45, 2.75) is 0 Å². The summed E-state index contributed by atoms with van der Waals surface area (Å²) in [6.45, 7) is 0. The van der Waals surface area contributed by atoms with Crippen molar-refractivity contribution >= 4 is 24.3 Å². The number of urea groups is 1. The summed E-state index contributed by atoms with van der Waals surface area (Å²) in [5, 5.41) is 8.00. The molecule has 6 nitrogen and oxygen atoms in total. The second-order valence-electron chi connectivity index (χ2n) is 4.61. The van der Waals surface area contributed by atoms with Crippen LogP contribution in [0.4, 0.5) is 21.8 Å². The van der Waals surface area contributed by atoms with Crippen molar-refractivity contribution in [1.29, 1.82) is 0 Å². The molecule has 0 saturated heterocycles. The van der Waals surface area contributed by atoms with Crippen LogP contribution in [0.2, 0.25) is 0 Å². The molecule has 1 aromatic carbocycles. The molecule has 2 aromatic rings. The fourth-order valence-electron chi connectivity index (χ4n) is 1.56. The maximum atomic E-state index is 9.75. The Morgan fingerprint density at radius 3 is 2.09 bits per heavy atom. The Morgan fingerprint density at radius 2 is 1.59 bits per heavy atom. The van der Waals surface area contributed by atoms with Crippen molar-refractivity contribution in [2.24, 2.45) is 0 Å². The number of aromatic nitrogens is 3. The average Bonchev–Trinajstić information content (AvgIpc) is 2.76. The summed E-state index contributed by atoms with van der Waals surface area (Å²) in [6, 6.07) is 8.34. The Morgan fingerprint density at radius 1 is 1.09 bits per heavy atom. The van der Waals surface area contributed by atoms with Crippen LogP contribution in [0.15, 0.2) is 24.3 Å². The van der Waals surface area contributed by atoms with Crippen LogP contribution in [-0.4, -0.2) is 66.4 Å². The van der Waals surface area contributed by atoms with Gasteiger partial charge in [-0.15, -0.1) is 5.10 Å². The highest BCUT2D eigenvalue weighted by molar-refractivity contribution is 6.50. The minimum absolute atomic E-state index is 0. The van der Waals surface area contributed by atoms with Crippen LogP contribution >= 0.6 is 0 Å². The van der Waals surface area contributed by atoms with E-state index < -0.39 is 7.25 Å². The number of para-hydroxylation sites is 1. The van der Waals surface area contributed by atoms with Crippen LogP contribution in [0.1, 0.15) is 1.43 Å². The summed E-state index contributed by atoms with van der Waals surface area (Å²) in [7, 11) is 1.64. The number of amides is 2. The van der Waals surface area contributed by atoms with Gasteiger partial charge in [-0.3, -0.25) is 9.80 Å². The van der Waals surface area contributed by atoms with E-state index in [2.05, 4.69) is 10.3 Å². The number of carbonyl (C=O) groups excluding carboxylic acids is 1. The quantitative estimate of drug-likeness (QED) is 0.460. The lowest BCUT2D eigenvalue weighted by atomic mass is 10.3. The number of nitrogens with zero attached hydrogens (tertiary/aromatic N) is 5. The second-order valence-corrected chi connectivity index (χ2v) is 4.61. The predicted molar refractivity (Wildman–Crippen MR) is 77.0 cm³/mol. The van der Waals surface area contributed by atoms with E-state index in [0.717, 1.165) is 11.0 Å². The van der Waals surface area contributed by atoms with Crippen LogP contribution in [-0.2, 0) is 0 Å². The van der Waals surface area contributed by atoms with E-state index >= 15 is 0 Å². The van der Waals surface area contributed by atoms with Crippen molar-refractivity contribution < 1.29 is 23.2 Å². The van der Waals surface area contributed by atoms with Crippen LogP contribution in [0.3, 0.4) is 0 Å². The third-order valence-electron chi connectivity index (χ3n) is 2.25. The van der Waals surface area contributed by atoms with Crippen molar-refractivity contribution in [3.63, 3.8) is 0 Å². The molecule has 0 spiro atoms. The molecule has 2 amide bonds. The van der Waals surface area contributed by atoms with Crippen molar-refractivity contribution in [2.75, 3.05) is 28.2 Å². The van der Waals surface area contributed by atoms with E-state index in [0.29, 0.717) is 6.03 Å². The molecule has 0 atom stereocenters. The lowest BCUT2D eigenvalue weighted by molar-refractivity contribution is -0.244. The van der Waals surface area contributed by atoms with Crippen LogP contribution in [0, 0.1) is 0 Å². The zero-order valence-corrected chi connectivity index (χ0v) is 12.5. The topological polar surface area (TPSA) is 48.5 Å². The minimum atomic E-state index is -6.00. The van der Waals surface area contributed by atoms with E-state index in [1.165, 1.54) is 4.85 Å². The molecule has 2 rings (SSSR count). The fraction of sp³-hybridized carbons (Fsp3) is 0.364. The molecular weight excluding hydrogens is 305 g/mol. The average molecular weight is 322 g/mol.